The van der Waals surface area contributed by atoms with Crippen molar-refractivity contribution in [3.8, 4) is 5.75 Å². The average Bonchev–Trinajstić information content (AvgIpc) is 2.47. The first-order chi connectivity index (χ1) is 9.72. The molecule has 1 N–H and O–H groups in total. The minimum absolute atomic E-state index is 0.400. The normalized spacial score (nSPS) is 12.4. The van der Waals surface area contributed by atoms with Crippen molar-refractivity contribution in [1.29, 1.82) is 0 Å². The first kappa shape index (κ1) is 17.0. The van der Waals surface area contributed by atoms with Crippen LogP contribution in [0.25, 0.3) is 0 Å². The van der Waals surface area contributed by atoms with Crippen molar-refractivity contribution in [2.75, 3.05) is 14.2 Å². The fourth-order valence-corrected chi connectivity index (χ4v) is 2.69. The molecule has 0 fully saturated rings. The molecule has 0 saturated heterocycles. The van der Waals surface area contributed by atoms with Gasteiger partial charge in [0.2, 0.25) is 0 Å². The van der Waals surface area contributed by atoms with E-state index < -0.39 is 0 Å². The molecule has 0 aliphatic heterocycles. The highest BCUT2D eigenvalue weighted by Crippen LogP contribution is 2.29. The summed E-state index contributed by atoms with van der Waals surface area (Å²) < 4.78 is 5.53. The largest absolute Gasteiger partial charge is 0.496 e. The molecule has 0 saturated carbocycles. The summed E-state index contributed by atoms with van der Waals surface area (Å²) in [5, 5.41) is 3.43. The van der Waals surface area contributed by atoms with E-state index >= 15 is 0 Å². The van der Waals surface area contributed by atoms with E-state index in [1.54, 1.807) is 7.11 Å². The minimum atomic E-state index is 0.400. The van der Waals surface area contributed by atoms with E-state index in [9.17, 15) is 0 Å². The van der Waals surface area contributed by atoms with Crippen LogP contribution in [0.3, 0.4) is 0 Å². The summed E-state index contributed by atoms with van der Waals surface area (Å²) in [7, 11) is 3.80. The lowest BCUT2D eigenvalue weighted by atomic mass is 9.98. The highest BCUT2D eigenvalue weighted by atomic mass is 16.5. The SMILES string of the molecule is CCCCCCCCC(NC)c1ccc(C)cc1OC. The van der Waals surface area contributed by atoms with Gasteiger partial charge in [-0.15, -0.1) is 0 Å². The molecule has 0 radical (unpaired) electrons. The zero-order valence-electron chi connectivity index (χ0n) is 13.7. The monoisotopic (exact) mass is 277 g/mol. The standard InChI is InChI=1S/C18H31NO/c1-5-6-7-8-9-10-11-17(19-3)16-13-12-15(2)14-18(16)20-4/h12-14,17,19H,5-11H2,1-4H3. The van der Waals surface area contributed by atoms with Crippen LogP contribution in [0.15, 0.2) is 18.2 Å². The third kappa shape index (κ3) is 5.54. The Kier molecular flexibility index (Phi) is 8.36. The van der Waals surface area contributed by atoms with E-state index in [0.29, 0.717) is 6.04 Å². The van der Waals surface area contributed by atoms with Crippen LogP contribution >= 0.6 is 0 Å². The number of ether oxygens (including phenoxy) is 1. The molecule has 0 spiro atoms. The van der Waals surface area contributed by atoms with Gasteiger partial charge in [0.25, 0.3) is 0 Å². The van der Waals surface area contributed by atoms with Crippen LogP contribution in [0.5, 0.6) is 5.75 Å². The van der Waals surface area contributed by atoms with Crippen molar-refractivity contribution in [3.63, 3.8) is 0 Å². The molecule has 1 unspecified atom stereocenters. The van der Waals surface area contributed by atoms with E-state index in [4.69, 9.17) is 4.74 Å². The van der Waals surface area contributed by atoms with Gasteiger partial charge < -0.3 is 10.1 Å². The molecule has 1 atom stereocenters. The van der Waals surface area contributed by atoms with Gasteiger partial charge in [-0.25, -0.2) is 0 Å². The Morgan fingerprint density at radius 3 is 2.45 bits per heavy atom. The van der Waals surface area contributed by atoms with Crippen LogP contribution in [0.2, 0.25) is 0 Å². The lowest BCUT2D eigenvalue weighted by Crippen LogP contribution is -2.17. The Hall–Kier alpha value is -1.02. The van der Waals surface area contributed by atoms with Gasteiger partial charge in [-0.3, -0.25) is 0 Å². The Balaban J connectivity index is 2.49. The molecule has 0 amide bonds. The molecule has 1 aromatic rings. The van der Waals surface area contributed by atoms with Gasteiger partial charge >= 0.3 is 0 Å². The van der Waals surface area contributed by atoms with Crippen LogP contribution in [0.1, 0.15) is 69.0 Å². The lowest BCUT2D eigenvalue weighted by molar-refractivity contribution is 0.396. The van der Waals surface area contributed by atoms with Gasteiger partial charge in [0.1, 0.15) is 5.75 Å². The highest BCUT2D eigenvalue weighted by molar-refractivity contribution is 5.39. The zero-order chi connectivity index (χ0) is 14.8. The quantitative estimate of drug-likeness (QED) is 0.607. The zero-order valence-corrected chi connectivity index (χ0v) is 13.7. The molecular weight excluding hydrogens is 246 g/mol. The van der Waals surface area contributed by atoms with Gasteiger partial charge in [-0.05, 0) is 32.0 Å². The molecule has 0 aliphatic carbocycles. The van der Waals surface area contributed by atoms with Gasteiger partial charge in [0.05, 0.1) is 7.11 Å². The van der Waals surface area contributed by atoms with Crippen molar-refractivity contribution in [3.05, 3.63) is 29.3 Å². The van der Waals surface area contributed by atoms with E-state index in [1.165, 1.54) is 56.1 Å². The number of rotatable bonds is 10. The second kappa shape index (κ2) is 9.82. The molecule has 0 heterocycles. The predicted molar refractivity (Wildman–Crippen MR) is 87.5 cm³/mol. The maximum atomic E-state index is 5.53. The van der Waals surface area contributed by atoms with E-state index in [0.717, 1.165) is 5.75 Å². The van der Waals surface area contributed by atoms with Crippen molar-refractivity contribution < 1.29 is 4.74 Å². The van der Waals surface area contributed by atoms with Crippen molar-refractivity contribution >= 4 is 0 Å². The molecule has 20 heavy (non-hydrogen) atoms. The smallest absolute Gasteiger partial charge is 0.123 e. The molecule has 0 bridgehead atoms. The van der Waals surface area contributed by atoms with E-state index in [2.05, 4.69) is 37.4 Å². The number of methoxy groups -OCH3 is 1. The summed E-state index contributed by atoms with van der Waals surface area (Å²) in [6, 6.07) is 6.90. The second-order valence-electron chi connectivity index (χ2n) is 5.64. The van der Waals surface area contributed by atoms with Crippen LogP contribution in [0.4, 0.5) is 0 Å². The molecule has 1 rings (SSSR count). The second-order valence-corrected chi connectivity index (χ2v) is 5.64. The Labute approximate surface area is 124 Å². The Morgan fingerprint density at radius 2 is 1.80 bits per heavy atom. The number of benzene rings is 1. The summed E-state index contributed by atoms with van der Waals surface area (Å²) in [5.41, 5.74) is 2.54. The summed E-state index contributed by atoms with van der Waals surface area (Å²) in [4.78, 5) is 0. The van der Waals surface area contributed by atoms with Crippen LogP contribution in [-0.4, -0.2) is 14.2 Å². The van der Waals surface area contributed by atoms with Crippen molar-refractivity contribution in [1.82, 2.24) is 5.32 Å². The molecule has 2 heteroatoms. The number of hydrogen-bond acceptors (Lipinski definition) is 2. The highest BCUT2D eigenvalue weighted by Gasteiger charge is 2.13. The summed E-state index contributed by atoms with van der Waals surface area (Å²) >= 11 is 0. The van der Waals surface area contributed by atoms with Crippen molar-refractivity contribution in [2.45, 2.75) is 64.8 Å². The molecule has 0 aromatic heterocycles. The van der Waals surface area contributed by atoms with Crippen LogP contribution in [0, 0.1) is 6.92 Å². The Morgan fingerprint density at radius 1 is 1.10 bits per heavy atom. The number of unbranched alkanes of at least 4 members (excludes halogenated alkanes) is 5. The lowest BCUT2D eigenvalue weighted by Gasteiger charge is -2.20. The maximum Gasteiger partial charge on any atom is 0.123 e. The minimum Gasteiger partial charge on any atom is -0.496 e. The van der Waals surface area contributed by atoms with Gasteiger partial charge in [-0.2, -0.15) is 0 Å². The molecule has 1 aromatic carbocycles. The number of aryl methyl sites for hydroxylation is 1. The van der Waals surface area contributed by atoms with Gasteiger partial charge in [-0.1, -0.05) is 57.6 Å². The van der Waals surface area contributed by atoms with Crippen molar-refractivity contribution in [2.24, 2.45) is 0 Å². The Bertz CT molecular complexity index is 376. The molecule has 114 valence electrons. The third-order valence-corrected chi connectivity index (χ3v) is 3.96. The predicted octanol–water partition coefficient (Wildman–Crippen LogP) is 5.01. The summed E-state index contributed by atoms with van der Waals surface area (Å²) in [6.45, 7) is 4.37. The summed E-state index contributed by atoms with van der Waals surface area (Å²) in [6.07, 6.45) is 9.26. The fourth-order valence-electron chi connectivity index (χ4n) is 2.69. The number of nitrogens with one attached hydrogen (secondary N) is 1. The summed E-state index contributed by atoms with van der Waals surface area (Å²) in [5.74, 6) is 1.01. The van der Waals surface area contributed by atoms with E-state index in [-0.39, 0.29) is 0 Å². The maximum absolute atomic E-state index is 5.53. The van der Waals surface area contributed by atoms with E-state index in [1.807, 2.05) is 7.05 Å². The van der Waals surface area contributed by atoms with Crippen LogP contribution < -0.4 is 10.1 Å². The van der Waals surface area contributed by atoms with Gasteiger partial charge in [0, 0.05) is 11.6 Å². The molecule has 2 nitrogen and oxygen atoms in total. The van der Waals surface area contributed by atoms with Gasteiger partial charge in [0.15, 0.2) is 0 Å². The number of hydrogen-bond donors (Lipinski definition) is 1. The fraction of sp³-hybridized carbons (Fsp3) is 0.667. The van der Waals surface area contributed by atoms with Crippen LogP contribution in [-0.2, 0) is 0 Å². The first-order valence-corrected chi connectivity index (χ1v) is 8.04. The average molecular weight is 277 g/mol. The third-order valence-electron chi connectivity index (χ3n) is 3.96. The molecule has 0 aliphatic rings. The molecular formula is C18H31NO. The topological polar surface area (TPSA) is 21.3 Å². The first-order valence-electron chi connectivity index (χ1n) is 8.04.